The summed E-state index contributed by atoms with van der Waals surface area (Å²) in [5.74, 6) is 0. The largest absolute Gasteiger partial charge is 0.392 e. The normalized spacial score (nSPS) is 58.8. The SMILES string of the molecule is CC1(C)CC2(C1)CC1(C2)CC2(C1)CC13CC4(CC5(CC6(CC7(CC8(CC(C)(C)C8)C7)C6O)C5)C4OOC21)C3. The Morgan fingerprint density at radius 1 is 0.395 bits per heavy atom. The summed E-state index contributed by atoms with van der Waals surface area (Å²) < 4.78 is 0. The highest BCUT2D eigenvalue weighted by Crippen LogP contribution is 2.92. The summed E-state index contributed by atoms with van der Waals surface area (Å²) in [5.41, 5.74) is 5.41. The molecular formula is C35H50O3. The Hall–Kier alpha value is -0.120. The lowest BCUT2D eigenvalue weighted by molar-refractivity contribution is -0.452. The highest BCUT2D eigenvalue weighted by molar-refractivity contribution is 5.36. The Bertz CT molecular complexity index is 1170. The minimum absolute atomic E-state index is 0.0384. The van der Waals surface area contributed by atoms with Crippen LogP contribution in [0.5, 0.6) is 0 Å². The summed E-state index contributed by atoms with van der Waals surface area (Å²) in [4.78, 5) is 13.2. The fourth-order valence-corrected chi connectivity index (χ4v) is 18.5. The first-order chi connectivity index (χ1) is 17.6. The summed E-state index contributed by atoms with van der Waals surface area (Å²) in [5, 5.41) is 11.5. The molecule has 2 saturated heterocycles. The fraction of sp³-hybridized carbons (Fsp3) is 1.00. The molecule has 208 valence electrons. The molecular weight excluding hydrogens is 468 g/mol. The maximum atomic E-state index is 11.5. The highest BCUT2D eigenvalue weighted by atomic mass is 17.2. The van der Waals surface area contributed by atoms with E-state index in [1.807, 2.05) is 0 Å². The molecule has 1 N–H and O–H groups in total. The van der Waals surface area contributed by atoms with Crippen molar-refractivity contribution in [1.82, 2.24) is 0 Å². The zero-order valence-corrected chi connectivity index (χ0v) is 24.5. The van der Waals surface area contributed by atoms with Gasteiger partial charge in [0.05, 0.1) is 6.10 Å². The molecule has 12 rings (SSSR count). The maximum absolute atomic E-state index is 11.5. The average Bonchev–Trinajstić information content (AvgIpc) is 2.77. The average molecular weight is 519 g/mol. The molecule has 0 aromatic carbocycles. The van der Waals surface area contributed by atoms with Crippen LogP contribution in [0.25, 0.3) is 0 Å². The molecule has 9 spiro atoms. The van der Waals surface area contributed by atoms with Crippen LogP contribution in [0.1, 0.15) is 137 Å². The highest BCUT2D eigenvalue weighted by Gasteiger charge is 2.88. The second kappa shape index (κ2) is 5.39. The third-order valence-electron chi connectivity index (χ3n) is 16.4. The van der Waals surface area contributed by atoms with E-state index in [1.165, 1.54) is 109 Å². The predicted octanol–water partition coefficient (Wildman–Crippen LogP) is 7.74. The Balaban J connectivity index is 0.748. The van der Waals surface area contributed by atoms with Crippen molar-refractivity contribution in [2.24, 2.45) is 59.6 Å². The topological polar surface area (TPSA) is 38.7 Å². The van der Waals surface area contributed by atoms with Gasteiger partial charge in [0, 0.05) is 21.7 Å². The molecule has 0 aromatic heterocycles. The maximum Gasteiger partial charge on any atom is 0.104 e. The van der Waals surface area contributed by atoms with Gasteiger partial charge in [-0.15, -0.1) is 0 Å². The molecule has 38 heavy (non-hydrogen) atoms. The summed E-state index contributed by atoms with van der Waals surface area (Å²) in [6, 6.07) is 0. The van der Waals surface area contributed by atoms with E-state index in [-0.39, 0.29) is 11.5 Å². The molecule has 2 aliphatic heterocycles. The van der Waals surface area contributed by atoms with Crippen LogP contribution >= 0.6 is 0 Å². The van der Waals surface area contributed by atoms with Gasteiger partial charge in [0.2, 0.25) is 0 Å². The van der Waals surface area contributed by atoms with Gasteiger partial charge in [0.15, 0.2) is 0 Å². The Morgan fingerprint density at radius 3 is 1.11 bits per heavy atom. The molecule has 2 bridgehead atoms. The summed E-state index contributed by atoms with van der Waals surface area (Å²) in [6.07, 6.45) is 24.3. The van der Waals surface area contributed by atoms with Crippen LogP contribution in [0.2, 0.25) is 0 Å². The number of hydrogen-bond acceptors (Lipinski definition) is 3. The number of aliphatic hydroxyl groups excluding tert-OH is 1. The van der Waals surface area contributed by atoms with Crippen LogP contribution in [-0.4, -0.2) is 23.4 Å². The minimum Gasteiger partial charge on any atom is -0.392 e. The van der Waals surface area contributed by atoms with Crippen molar-refractivity contribution in [3.05, 3.63) is 0 Å². The fourth-order valence-electron chi connectivity index (χ4n) is 18.5. The minimum atomic E-state index is -0.0384. The first-order valence-electron chi connectivity index (χ1n) is 16.6. The molecule has 0 amide bonds. The number of rotatable bonds is 0. The zero-order valence-electron chi connectivity index (χ0n) is 24.5. The molecule has 10 saturated carbocycles. The molecule has 3 atom stereocenters. The predicted molar refractivity (Wildman–Crippen MR) is 144 cm³/mol. The van der Waals surface area contributed by atoms with Crippen LogP contribution in [0, 0.1) is 59.6 Å². The van der Waals surface area contributed by atoms with Crippen LogP contribution < -0.4 is 0 Å². The lowest BCUT2D eigenvalue weighted by Gasteiger charge is -2.84. The van der Waals surface area contributed by atoms with Crippen molar-refractivity contribution < 1.29 is 14.9 Å². The third kappa shape index (κ3) is 2.14. The molecule has 3 heteroatoms. The van der Waals surface area contributed by atoms with E-state index in [1.54, 1.807) is 0 Å². The molecule has 0 radical (unpaired) electrons. The lowest BCUT2D eigenvalue weighted by Crippen LogP contribution is -2.82. The number of fused-ring (bicyclic) bond motifs is 1. The van der Waals surface area contributed by atoms with E-state index in [9.17, 15) is 5.11 Å². The summed E-state index contributed by atoms with van der Waals surface area (Å²) >= 11 is 0. The second-order valence-electron chi connectivity index (χ2n) is 21.4. The van der Waals surface area contributed by atoms with E-state index in [4.69, 9.17) is 9.78 Å². The van der Waals surface area contributed by atoms with Crippen molar-refractivity contribution >= 4 is 0 Å². The quantitative estimate of drug-likeness (QED) is 0.333. The standard InChI is InChI=1S/C35H50O3/c1-25(2)5-27(6-25)9-29(10-27)13-32(14-29)18-34-20-35(21-34)19-33(24(35)38-37-23(32)34)16-31(17-33)15-30(22(31)36)11-28(12-30)7-26(3,4)8-28/h22-24,36H,5-21H2,1-4H3. The van der Waals surface area contributed by atoms with Gasteiger partial charge in [-0.3, -0.25) is 0 Å². The van der Waals surface area contributed by atoms with E-state index in [0.29, 0.717) is 60.9 Å². The van der Waals surface area contributed by atoms with Crippen molar-refractivity contribution in [2.45, 2.75) is 155 Å². The number of hydrogen-bond donors (Lipinski definition) is 1. The Morgan fingerprint density at radius 2 is 0.684 bits per heavy atom. The van der Waals surface area contributed by atoms with Crippen molar-refractivity contribution in [2.75, 3.05) is 0 Å². The smallest absolute Gasteiger partial charge is 0.104 e. The van der Waals surface area contributed by atoms with Crippen molar-refractivity contribution in [1.29, 1.82) is 0 Å². The van der Waals surface area contributed by atoms with Gasteiger partial charge in [-0.25, -0.2) is 9.78 Å². The zero-order chi connectivity index (χ0) is 25.7. The third-order valence-corrected chi connectivity index (χ3v) is 16.4. The first-order valence-corrected chi connectivity index (χ1v) is 16.6. The lowest BCUT2D eigenvalue weighted by atomic mass is 9.19. The molecule has 12 fully saturated rings. The Kier molecular flexibility index (Phi) is 3.19. The van der Waals surface area contributed by atoms with Gasteiger partial charge in [0.25, 0.3) is 0 Å². The van der Waals surface area contributed by atoms with Crippen molar-refractivity contribution in [3.8, 4) is 0 Å². The van der Waals surface area contributed by atoms with Gasteiger partial charge in [-0.05, 0) is 147 Å². The molecule has 0 aromatic rings. The van der Waals surface area contributed by atoms with Gasteiger partial charge < -0.3 is 5.11 Å². The molecule has 2 heterocycles. The van der Waals surface area contributed by atoms with Crippen LogP contribution in [-0.2, 0) is 9.78 Å². The van der Waals surface area contributed by atoms with Gasteiger partial charge in [-0.2, -0.15) is 0 Å². The summed E-state index contributed by atoms with van der Waals surface area (Å²) in [7, 11) is 0. The molecule has 10 aliphatic carbocycles. The van der Waals surface area contributed by atoms with Gasteiger partial charge in [0.1, 0.15) is 12.2 Å². The summed E-state index contributed by atoms with van der Waals surface area (Å²) in [6.45, 7) is 9.80. The van der Waals surface area contributed by atoms with Crippen LogP contribution in [0.15, 0.2) is 0 Å². The van der Waals surface area contributed by atoms with E-state index in [0.717, 1.165) is 5.41 Å². The van der Waals surface area contributed by atoms with Gasteiger partial charge in [-0.1, -0.05) is 27.7 Å². The van der Waals surface area contributed by atoms with E-state index < -0.39 is 0 Å². The number of aliphatic hydroxyl groups is 1. The van der Waals surface area contributed by atoms with Crippen molar-refractivity contribution in [3.63, 3.8) is 0 Å². The molecule has 3 nitrogen and oxygen atoms in total. The van der Waals surface area contributed by atoms with Gasteiger partial charge >= 0.3 is 0 Å². The van der Waals surface area contributed by atoms with E-state index in [2.05, 4.69) is 27.7 Å². The van der Waals surface area contributed by atoms with Crippen LogP contribution in [0.4, 0.5) is 0 Å². The first kappa shape index (κ1) is 22.5. The monoisotopic (exact) mass is 518 g/mol. The van der Waals surface area contributed by atoms with Crippen LogP contribution in [0.3, 0.4) is 0 Å². The Labute approximate surface area is 229 Å². The second-order valence-corrected chi connectivity index (χ2v) is 21.4. The van der Waals surface area contributed by atoms with E-state index >= 15 is 0 Å². The molecule has 12 aliphatic rings. The molecule has 3 unspecified atom stereocenters.